The minimum absolute atomic E-state index is 0.0577. The second kappa shape index (κ2) is 9.15. The number of hydrogen-bond donors (Lipinski definition) is 0. The van der Waals surface area contributed by atoms with Crippen molar-refractivity contribution < 1.29 is 34.8 Å². The van der Waals surface area contributed by atoms with E-state index in [9.17, 15) is 45.3 Å². The number of carbonyl (C=O) groups excluding carboxylic acids is 1. The van der Waals surface area contributed by atoms with Crippen molar-refractivity contribution in [3.8, 4) is 12.1 Å². The van der Waals surface area contributed by atoms with Gasteiger partial charge in [0.25, 0.3) is 0 Å². The summed E-state index contributed by atoms with van der Waals surface area (Å²) >= 11 is 0. The summed E-state index contributed by atoms with van der Waals surface area (Å²) in [5.41, 5.74) is -2.25. The number of halogens is 3. The third kappa shape index (κ3) is 4.61. The van der Waals surface area contributed by atoms with E-state index in [0.29, 0.717) is 15.3 Å². The highest BCUT2D eigenvalue weighted by Gasteiger charge is 2.52. The van der Waals surface area contributed by atoms with Gasteiger partial charge >= 0.3 is 12.2 Å². The Bertz CT molecular complexity index is 1680. The summed E-state index contributed by atoms with van der Waals surface area (Å²) in [7, 11) is -8.58. The van der Waals surface area contributed by atoms with Crippen molar-refractivity contribution in [2.75, 3.05) is 11.2 Å². The summed E-state index contributed by atoms with van der Waals surface area (Å²) in [6, 6.07) is 7.67. The molecule has 1 heterocycles. The van der Waals surface area contributed by atoms with Crippen molar-refractivity contribution in [2.24, 2.45) is 0 Å². The van der Waals surface area contributed by atoms with Gasteiger partial charge in [0.05, 0.1) is 44.7 Å². The van der Waals surface area contributed by atoms with Crippen LogP contribution in [0.25, 0.3) is 0 Å². The molecule has 38 heavy (non-hydrogen) atoms. The SMILES string of the molecule is CC1=C(C#N)C(c2ccc(C#N)cc2S(C)(=O)=O)N(S(=O)(=O)C2CC2)C(=O)N1c1cccc(C(F)(F)F)c1. The third-order valence-corrected chi connectivity index (χ3v) is 9.60. The molecule has 1 saturated carbocycles. The van der Waals surface area contributed by atoms with E-state index in [2.05, 4.69) is 0 Å². The number of rotatable bonds is 5. The second-order valence-corrected chi connectivity index (χ2v) is 12.9. The van der Waals surface area contributed by atoms with E-state index >= 15 is 0 Å². The van der Waals surface area contributed by atoms with E-state index in [0.717, 1.165) is 36.6 Å². The molecular weight excluding hydrogens is 545 g/mol. The van der Waals surface area contributed by atoms with Crippen LogP contribution < -0.4 is 4.90 Å². The fourth-order valence-electron chi connectivity index (χ4n) is 4.27. The fraction of sp³-hybridized carbons (Fsp3) is 0.292. The molecule has 1 atom stereocenters. The molecule has 4 rings (SSSR count). The maximum absolute atomic E-state index is 13.9. The first-order chi connectivity index (χ1) is 17.6. The van der Waals surface area contributed by atoms with Crippen molar-refractivity contribution in [3.63, 3.8) is 0 Å². The van der Waals surface area contributed by atoms with Gasteiger partial charge in [-0.15, -0.1) is 0 Å². The van der Waals surface area contributed by atoms with Crippen LogP contribution in [0.4, 0.5) is 23.7 Å². The van der Waals surface area contributed by atoms with Crippen LogP contribution in [0.5, 0.6) is 0 Å². The number of amides is 2. The summed E-state index contributed by atoms with van der Waals surface area (Å²) in [5.74, 6) is 0. The minimum Gasteiger partial charge on any atom is -0.265 e. The molecule has 1 unspecified atom stereocenters. The molecule has 2 amide bonds. The molecule has 1 fully saturated rings. The molecule has 1 aliphatic heterocycles. The highest BCUT2D eigenvalue weighted by atomic mass is 32.2. The van der Waals surface area contributed by atoms with E-state index in [1.54, 1.807) is 6.07 Å². The Balaban J connectivity index is 2.05. The quantitative estimate of drug-likeness (QED) is 0.529. The van der Waals surface area contributed by atoms with Crippen LogP contribution in [0, 0.1) is 22.7 Å². The van der Waals surface area contributed by atoms with Gasteiger partial charge in [-0.2, -0.15) is 23.7 Å². The Kier molecular flexibility index (Phi) is 6.54. The van der Waals surface area contributed by atoms with E-state index in [-0.39, 0.29) is 40.9 Å². The van der Waals surface area contributed by atoms with Gasteiger partial charge in [-0.3, -0.25) is 4.90 Å². The first kappa shape index (κ1) is 27.2. The molecule has 0 aromatic heterocycles. The zero-order chi connectivity index (χ0) is 28.2. The molecule has 9 nitrogen and oxygen atoms in total. The largest absolute Gasteiger partial charge is 0.416 e. The molecule has 0 saturated heterocycles. The normalized spacial score (nSPS) is 18.8. The summed E-state index contributed by atoms with van der Waals surface area (Å²) < 4.78 is 93.0. The number of sulfone groups is 1. The second-order valence-electron chi connectivity index (χ2n) is 8.86. The molecule has 14 heteroatoms. The number of urea groups is 1. The van der Waals surface area contributed by atoms with Crippen LogP contribution in [-0.4, -0.2) is 38.7 Å². The number of benzene rings is 2. The lowest BCUT2D eigenvalue weighted by Gasteiger charge is -2.41. The molecule has 0 spiro atoms. The molecule has 0 radical (unpaired) electrons. The Morgan fingerprint density at radius 1 is 1.00 bits per heavy atom. The minimum atomic E-state index is -4.76. The van der Waals surface area contributed by atoms with Crippen molar-refractivity contribution in [3.05, 3.63) is 70.4 Å². The van der Waals surface area contributed by atoms with Crippen molar-refractivity contribution in [1.29, 1.82) is 10.5 Å². The smallest absolute Gasteiger partial charge is 0.265 e. The number of carbonyl (C=O) groups is 1. The fourth-order valence-corrected chi connectivity index (χ4v) is 7.08. The monoisotopic (exact) mass is 564 g/mol. The number of nitrogens with zero attached hydrogens (tertiary/aromatic N) is 4. The standard InChI is InChI=1S/C24H19F3N4O5S2/c1-14-20(13-29)22(19-9-6-15(12-28)10-21(19)37(2,33)34)31(38(35,36)18-7-8-18)23(32)30(14)17-5-3-4-16(11-17)24(25,26)27/h3-6,9-11,18,22H,7-8H2,1-2H3. The Morgan fingerprint density at radius 2 is 1.66 bits per heavy atom. The van der Waals surface area contributed by atoms with Crippen molar-refractivity contribution >= 4 is 31.6 Å². The predicted octanol–water partition coefficient (Wildman–Crippen LogP) is 4.25. The Morgan fingerprint density at radius 3 is 2.18 bits per heavy atom. The van der Waals surface area contributed by atoms with Gasteiger partial charge in [0, 0.05) is 12.0 Å². The van der Waals surface area contributed by atoms with Gasteiger partial charge in [0.1, 0.15) is 6.04 Å². The zero-order valence-electron chi connectivity index (χ0n) is 19.9. The molecule has 198 valence electrons. The predicted molar refractivity (Wildman–Crippen MR) is 128 cm³/mol. The number of nitriles is 2. The van der Waals surface area contributed by atoms with Crippen LogP contribution in [0.3, 0.4) is 0 Å². The van der Waals surface area contributed by atoms with Crippen LogP contribution >= 0.6 is 0 Å². The van der Waals surface area contributed by atoms with Gasteiger partial charge < -0.3 is 0 Å². The topological polar surface area (TPSA) is 139 Å². The lowest BCUT2D eigenvalue weighted by atomic mass is 9.94. The third-order valence-electron chi connectivity index (χ3n) is 6.22. The Hall–Kier alpha value is -3.88. The van der Waals surface area contributed by atoms with Crippen LogP contribution in [0.1, 0.15) is 42.5 Å². The average molecular weight is 565 g/mol. The summed E-state index contributed by atoms with van der Waals surface area (Å²) in [5, 5.41) is 18.4. The summed E-state index contributed by atoms with van der Waals surface area (Å²) in [6.45, 7) is 1.26. The Labute approximate surface area is 217 Å². The van der Waals surface area contributed by atoms with Crippen molar-refractivity contribution in [1.82, 2.24) is 4.31 Å². The highest BCUT2D eigenvalue weighted by molar-refractivity contribution is 7.91. The van der Waals surface area contributed by atoms with Gasteiger partial charge in [0.15, 0.2) is 9.84 Å². The number of sulfonamides is 1. The number of alkyl halides is 3. The van der Waals surface area contributed by atoms with Gasteiger partial charge in [-0.05, 0) is 55.7 Å². The molecule has 2 aromatic rings. The lowest BCUT2D eigenvalue weighted by Crippen LogP contribution is -2.53. The van der Waals surface area contributed by atoms with E-state index in [1.807, 2.05) is 6.07 Å². The number of hydrogen-bond acceptors (Lipinski definition) is 7. The summed E-state index contributed by atoms with van der Waals surface area (Å²) in [4.78, 5) is 14.1. The average Bonchev–Trinajstić information content (AvgIpc) is 3.69. The zero-order valence-corrected chi connectivity index (χ0v) is 21.5. The van der Waals surface area contributed by atoms with E-state index in [1.165, 1.54) is 13.0 Å². The first-order valence-corrected chi connectivity index (χ1v) is 14.4. The van der Waals surface area contributed by atoms with Crippen LogP contribution in [0.15, 0.2) is 58.6 Å². The lowest BCUT2D eigenvalue weighted by molar-refractivity contribution is -0.137. The van der Waals surface area contributed by atoms with Crippen molar-refractivity contribution in [2.45, 2.75) is 42.1 Å². The van der Waals surface area contributed by atoms with Gasteiger partial charge in [-0.1, -0.05) is 12.1 Å². The molecule has 2 aliphatic rings. The van der Waals surface area contributed by atoms with Gasteiger partial charge in [-0.25, -0.2) is 25.9 Å². The highest BCUT2D eigenvalue weighted by Crippen LogP contribution is 2.46. The summed E-state index contributed by atoms with van der Waals surface area (Å²) in [6.07, 6.45) is -3.52. The van der Waals surface area contributed by atoms with E-state index < -0.39 is 53.8 Å². The molecular formula is C24H19F3N4O5S2. The van der Waals surface area contributed by atoms with E-state index in [4.69, 9.17) is 0 Å². The maximum atomic E-state index is 13.9. The maximum Gasteiger partial charge on any atom is 0.416 e. The molecule has 2 aromatic carbocycles. The first-order valence-electron chi connectivity index (χ1n) is 11.0. The van der Waals surface area contributed by atoms with Gasteiger partial charge in [0.2, 0.25) is 10.0 Å². The molecule has 1 aliphatic carbocycles. The number of allylic oxidation sites excluding steroid dienone is 1. The molecule has 0 N–H and O–H groups in total. The molecule has 0 bridgehead atoms. The number of anilines is 1. The van der Waals surface area contributed by atoms with Crippen LogP contribution in [0.2, 0.25) is 0 Å². The van der Waals surface area contributed by atoms with Crippen LogP contribution in [-0.2, 0) is 26.0 Å².